The van der Waals surface area contributed by atoms with Gasteiger partial charge < -0.3 is 14.5 Å². The number of benzene rings is 2. The summed E-state index contributed by atoms with van der Waals surface area (Å²) in [7, 11) is 0. The molecule has 1 aromatic heterocycles. The van der Waals surface area contributed by atoms with E-state index in [4.69, 9.17) is 9.15 Å². The normalized spacial score (nSPS) is 10.5. The molecule has 0 spiro atoms. The summed E-state index contributed by atoms with van der Waals surface area (Å²) >= 11 is 0. The smallest absolute Gasteiger partial charge is 0.220 e. The van der Waals surface area contributed by atoms with Crippen molar-refractivity contribution in [2.45, 2.75) is 26.3 Å². The van der Waals surface area contributed by atoms with Gasteiger partial charge in [0.2, 0.25) is 5.91 Å². The van der Waals surface area contributed by atoms with Crippen LogP contribution in [-0.2, 0) is 17.8 Å². The van der Waals surface area contributed by atoms with Gasteiger partial charge in [-0.15, -0.1) is 0 Å². The van der Waals surface area contributed by atoms with Gasteiger partial charge in [-0.25, -0.2) is 4.98 Å². The van der Waals surface area contributed by atoms with Crippen molar-refractivity contribution in [3.63, 3.8) is 0 Å². The molecule has 0 bridgehead atoms. The third-order valence-electron chi connectivity index (χ3n) is 3.90. The van der Waals surface area contributed by atoms with E-state index in [1.165, 1.54) is 0 Å². The number of carbonyl (C=O) groups is 1. The van der Waals surface area contributed by atoms with Crippen LogP contribution in [0.25, 0.3) is 11.3 Å². The van der Waals surface area contributed by atoms with Crippen LogP contribution in [0.4, 0.5) is 0 Å². The molecule has 26 heavy (non-hydrogen) atoms. The van der Waals surface area contributed by atoms with Crippen molar-refractivity contribution in [2.24, 2.45) is 0 Å². The monoisotopic (exact) mass is 350 g/mol. The van der Waals surface area contributed by atoms with Gasteiger partial charge in [0.25, 0.3) is 0 Å². The summed E-state index contributed by atoms with van der Waals surface area (Å²) in [4.78, 5) is 16.2. The van der Waals surface area contributed by atoms with E-state index >= 15 is 0 Å². The van der Waals surface area contributed by atoms with Crippen molar-refractivity contribution in [3.8, 4) is 17.1 Å². The first-order chi connectivity index (χ1) is 12.7. The van der Waals surface area contributed by atoms with Crippen LogP contribution in [0.15, 0.2) is 65.2 Å². The summed E-state index contributed by atoms with van der Waals surface area (Å²) in [5, 5.41) is 2.90. The lowest BCUT2D eigenvalue weighted by molar-refractivity contribution is -0.121. The number of aromatic nitrogens is 1. The number of hydrogen-bond acceptors (Lipinski definition) is 4. The predicted molar refractivity (Wildman–Crippen MR) is 99.7 cm³/mol. The molecule has 0 saturated heterocycles. The van der Waals surface area contributed by atoms with E-state index in [1.54, 1.807) is 6.20 Å². The number of hydrogen-bond donors (Lipinski definition) is 1. The molecule has 3 aromatic rings. The van der Waals surface area contributed by atoms with Gasteiger partial charge in [0.1, 0.15) is 5.75 Å². The third-order valence-corrected chi connectivity index (χ3v) is 3.90. The van der Waals surface area contributed by atoms with Crippen molar-refractivity contribution in [1.82, 2.24) is 10.3 Å². The van der Waals surface area contributed by atoms with Crippen molar-refractivity contribution in [2.75, 3.05) is 6.61 Å². The highest BCUT2D eigenvalue weighted by atomic mass is 16.5. The molecule has 5 nitrogen and oxygen atoms in total. The van der Waals surface area contributed by atoms with Gasteiger partial charge >= 0.3 is 0 Å². The minimum atomic E-state index is -0.0188. The molecule has 0 atom stereocenters. The zero-order valence-corrected chi connectivity index (χ0v) is 14.8. The maximum atomic E-state index is 12.0. The average Bonchev–Trinajstić information content (AvgIpc) is 3.15. The van der Waals surface area contributed by atoms with Gasteiger partial charge in [0, 0.05) is 24.9 Å². The minimum absolute atomic E-state index is 0.0188. The molecular formula is C21H22N2O3. The topological polar surface area (TPSA) is 64.4 Å². The Morgan fingerprint density at radius 1 is 1.12 bits per heavy atom. The SMILES string of the molecule is CCOc1ccc(-c2cnc(CCC(=O)NCc3ccccc3)o2)cc1. The lowest BCUT2D eigenvalue weighted by Gasteiger charge is -2.04. The first kappa shape index (κ1) is 17.7. The molecule has 0 radical (unpaired) electrons. The van der Waals surface area contributed by atoms with E-state index in [1.807, 2.05) is 61.5 Å². The summed E-state index contributed by atoms with van der Waals surface area (Å²) < 4.78 is 11.2. The number of rotatable bonds is 8. The molecule has 1 heterocycles. The molecule has 134 valence electrons. The molecule has 0 aliphatic heterocycles. The number of aryl methyl sites for hydroxylation is 1. The number of amides is 1. The summed E-state index contributed by atoms with van der Waals surface area (Å²) in [6, 6.07) is 17.5. The van der Waals surface area contributed by atoms with Crippen molar-refractivity contribution in [1.29, 1.82) is 0 Å². The van der Waals surface area contributed by atoms with E-state index in [2.05, 4.69) is 10.3 Å². The average molecular weight is 350 g/mol. The fourth-order valence-corrected chi connectivity index (χ4v) is 2.55. The molecule has 0 unspecified atom stereocenters. The Balaban J connectivity index is 1.49. The molecule has 0 aliphatic carbocycles. The summed E-state index contributed by atoms with van der Waals surface area (Å²) in [5.74, 6) is 2.05. The largest absolute Gasteiger partial charge is 0.494 e. The summed E-state index contributed by atoms with van der Waals surface area (Å²) in [6.07, 6.45) is 2.50. The molecule has 2 aromatic carbocycles. The standard InChI is InChI=1S/C21H22N2O3/c1-2-25-18-10-8-17(9-11-18)19-15-23-21(26-19)13-12-20(24)22-14-16-6-4-3-5-7-16/h3-11,15H,2,12-14H2,1H3,(H,22,24). The minimum Gasteiger partial charge on any atom is -0.494 e. The number of ether oxygens (including phenoxy) is 1. The van der Waals surface area contributed by atoms with E-state index in [-0.39, 0.29) is 5.91 Å². The van der Waals surface area contributed by atoms with E-state index in [0.29, 0.717) is 37.6 Å². The lowest BCUT2D eigenvalue weighted by atomic mass is 10.2. The second kappa shape index (κ2) is 8.85. The van der Waals surface area contributed by atoms with Gasteiger partial charge in [-0.1, -0.05) is 30.3 Å². The maximum Gasteiger partial charge on any atom is 0.220 e. The van der Waals surface area contributed by atoms with Gasteiger partial charge in [-0.3, -0.25) is 4.79 Å². The molecule has 5 heteroatoms. The van der Waals surface area contributed by atoms with Gasteiger partial charge in [-0.05, 0) is 36.8 Å². The summed E-state index contributed by atoms with van der Waals surface area (Å²) in [5.41, 5.74) is 2.01. The van der Waals surface area contributed by atoms with E-state index in [0.717, 1.165) is 16.9 Å². The van der Waals surface area contributed by atoms with Crippen LogP contribution >= 0.6 is 0 Å². The van der Waals surface area contributed by atoms with Crippen molar-refractivity contribution in [3.05, 3.63) is 72.2 Å². The van der Waals surface area contributed by atoms with Crippen LogP contribution in [0, 0.1) is 0 Å². The second-order valence-electron chi connectivity index (χ2n) is 5.84. The zero-order valence-electron chi connectivity index (χ0n) is 14.8. The number of oxazole rings is 1. The summed E-state index contributed by atoms with van der Waals surface area (Å²) in [6.45, 7) is 3.12. The number of carbonyl (C=O) groups excluding carboxylic acids is 1. The van der Waals surface area contributed by atoms with Crippen LogP contribution in [0.1, 0.15) is 24.8 Å². The third kappa shape index (κ3) is 4.96. The van der Waals surface area contributed by atoms with E-state index < -0.39 is 0 Å². The first-order valence-electron chi connectivity index (χ1n) is 8.73. The molecule has 0 saturated carbocycles. The van der Waals surface area contributed by atoms with Gasteiger partial charge in [0.05, 0.1) is 12.8 Å². The molecule has 0 fully saturated rings. The number of nitrogens with one attached hydrogen (secondary N) is 1. The Bertz CT molecular complexity index is 826. The van der Waals surface area contributed by atoms with Gasteiger partial charge in [-0.2, -0.15) is 0 Å². The Morgan fingerprint density at radius 2 is 1.88 bits per heavy atom. The molecule has 1 amide bonds. The van der Waals surface area contributed by atoms with Crippen LogP contribution in [0.2, 0.25) is 0 Å². The highest BCUT2D eigenvalue weighted by Crippen LogP contribution is 2.23. The molecule has 1 N–H and O–H groups in total. The fourth-order valence-electron chi connectivity index (χ4n) is 2.55. The van der Waals surface area contributed by atoms with Crippen LogP contribution in [0.5, 0.6) is 5.75 Å². The fraction of sp³-hybridized carbons (Fsp3) is 0.238. The lowest BCUT2D eigenvalue weighted by Crippen LogP contribution is -2.22. The Hall–Kier alpha value is -3.08. The van der Waals surface area contributed by atoms with Crippen LogP contribution in [0.3, 0.4) is 0 Å². The van der Waals surface area contributed by atoms with Crippen molar-refractivity contribution >= 4 is 5.91 Å². The van der Waals surface area contributed by atoms with Gasteiger partial charge in [0.15, 0.2) is 11.7 Å². The highest BCUT2D eigenvalue weighted by Gasteiger charge is 2.09. The Kier molecular flexibility index (Phi) is 6.04. The van der Waals surface area contributed by atoms with Crippen molar-refractivity contribution < 1.29 is 13.9 Å². The van der Waals surface area contributed by atoms with E-state index in [9.17, 15) is 4.79 Å². The highest BCUT2D eigenvalue weighted by molar-refractivity contribution is 5.76. The molecule has 3 rings (SSSR count). The van der Waals surface area contributed by atoms with Crippen LogP contribution < -0.4 is 10.1 Å². The Morgan fingerprint density at radius 3 is 2.62 bits per heavy atom. The first-order valence-corrected chi connectivity index (χ1v) is 8.73. The zero-order chi connectivity index (χ0) is 18.2. The maximum absolute atomic E-state index is 12.0. The molecule has 0 aliphatic rings. The second-order valence-corrected chi connectivity index (χ2v) is 5.84. The predicted octanol–water partition coefficient (Wildman–Crippen LogP) is 3.99. The quantitative estimate of drug-likeness (QED) is 0.667. The molecular weight excluding hydrogens is 328 g/mol. The number of nitrogens with zero attached hydrogens (tertiary/aromatic N) is 1. The Labute approximate surface area is 153 Å². The van der Waals surface area contributed by atoms with Crippen LogP contribution in [-0.4, -0.2) is 17.5 Å².